The van der Waals surface area contributed by atoms with E-state index in [1.54, 1.807) is 0 Å². The molecule has 4 aliphatic carbocycles. The highest BCUT2D eigenvalue weighted by molar-refractivity contribution is 5.80. The number of Topliss-reactive ketones (excluding diaryl/α,β-unsaturated/α-hetero) is 1. The molecular formula is C19H28O. The van der Waals surface area contributed by atoms with Crippen molar-refractivity contribution in [2.75, 3.05) is 0 Å². The van der Waals surface area contributed by atoms with Gasteiger partial charge >= 0.3 is 0 Å². The van der Waals surface area contributed by atoms with Gasteiger partial charge in [-0.05, 0) is 67.6 Å². The molecular weight excluding hydrogens is 244 g/mol. The number of carbonyl (C=O) groups is 1. The Hall–Kier alpha value is -0.590. The second-order valence-electron chi connectivity index (χ2n) is 8.50. The lowest BCUT2D eigenvalue weighted by molar-refractivity contribution is -0.124. The lowest BCUT2D eigenvalue weighted by Gasteiger charge is -2.53. The molecule has 1 heteroatoms. The van der Waals surface area contributed by atoms with Crippen LogP contribution in [0.4, 0.5) is 0 Å². The summed E-state index contributed by atoms with van der Waals surface area (Å²) in [6, 6.07) is 0. The van der Waals surface area contributed by atoms with E-state index in [1.807, 2.05) is 11.1 Å². The fourth-order valence-corrected chi connectivity index (χ4v) is 6.24. The average molecular weight is 272 g/mol. The molecule has 4 atom stereocenters. The van der Waals surface area contributed by atoms with Crippen LogP contribution >= 0.6 is 0 Å². The highest BCUT2D eigenvalue weighted by atomic mass is 16.1. The van der Waals surface area contributed by atoms with E-state index >= 15 is 0 Å². The fraction of sp³-hybridized carbons (Fsp3) is 0.842. The topological polar surface area (TPSA) is 17.1 Å². The van der Waals surface area contributed by atoms with Crippen LogP contribution in [0.5, 0.6) is 0 Å². The second kappa shape index (κ2) is 4.21. The van der Waals surface area contributed by atoms with Crippen molar-refractivity contribution in [2.45, 2.75) is 78.1 Å². The van der Waals surface area contributed by atoms with Gasteiger partial charge in [0.05, 0.1) is 0 Å². The van der Waals surface area contributed by atoms with Gasteiger partial charge in [0.1, 0.15) is 5.78 Å². The van der Waals surface area contributed by atoms with Gasteiger partial charge in [0.25, 0.3) is 0 Å². The Morgan fingerprint density at radius 3 is 2.70 bits per heavy atom. The van der Waals surface area contributed by atoms with Crippen LogP contribution in [0, 0.1) is 22.7 Å². The predicted molar refractivity (Wildman–Crippen MR) is 81.4 cm³/mol. The molecule has 4 rings (SSSR count). The summed E-state index contributed by atoms with van der Waals surface area (Å²) >= 11 is 0. The third-order valence-electron chi connectivity index (χ3n) is 7.59. The minimum absolute atomic E-state index is 0.380. The summed E-state index contributed by atoms with van der Waals surface area (Å²) in [4.78, 5) is 11.8. The standard InChI is InChI=1S/C19H28O/c1-18-9-3-4-16(18)15-6-5-13-12-14(20)7-11-19(13,2)17(15)8-10-18/h13,16H,3-12H2,1-2H3/t13?,16-,18?,19?/m1/s1. The Morgan fingerprint density at radius 2 is 1.85 bits per heavy atom. The number of rotatable bonds is 0. The Bertz CT molecular complexity index is 488. The SMILES string of the molecule is CC12CCC(=O)CC1CCC1=C2CCC2(C)CCC[C@H]12. The number of hydrogen-bond donors (Lipinski definition) is 0. The van der Waals surface area contributed by atoms with Crippen LogP contribution in [0.2, 0.25) is 0 Å². The van der Waals surface area contributed by atoms with Crippen molar-refractivity contribution in [3.05, 3.63) is 11.1 Å². The lowest BCUT2D eigenvalue weighted by Crippen LogP contribution is -2.43. The number of hydrogen-bond acceptors (Lipinski definition) is 1. The highest BCUT2D eigenvalue weighted by Gasteiger charge is 2.51. The van der Waals surface area contributed by atoms with E-state index in [0.29, 0.717) is 22.5 Å². The molecule has 4 aliphatic rings. The molecule has 3 unspecified atom stereocenters. The fourth-order valence-electron chi connectivity index (χ4n) is 6.24. The average Bonchev–Trinajstić information content (AvgIpc) is 2.81. The quantitative estimate of drug-likeness (QED) is 0.564. The van der Waals surface area contributed by atoms with Crippen LogP contribution < -0.4 is 0 Å². The van der Waals surface area contributed by atoms with Gasteiger partial charge in [-0.25, -0.2) is 0 Å². The minimum Gasteiger partial charge on any atom is -0.300 e. The zero-order valence-corrected chi connectivity index (χ0v) is 13.1. The molecule has 0 radical (unpaired) electrons. The van der Waals surface area contributed by atoms with E-state index in [9.17, 15) is 4.79 Å². The van der Waals surface area contributed by atoms with Crippen LogP contribution in [0.3, 0.4) is 0 Å². The van der Waals surface area contributed by atoms with Crippen LogP contribution in [0.1, 0.15) is 78.1 Å². The number of allylic oxidation sites excluding steroid dienone is 2. The molecule has 0 aromatic heterocycles. The van der Waals surface area contributed by atoms with Crippen molar-refractivity contribution in [1.29, 1.82) is 0 Å². The first-order chi connectivity index (χ1) is 9.53. The van der Waals surface area contributed by atoms with Gasteiger partial charge in [-0.15, -0.1) is 0 Å². The molecule has 0 saturated heterocycles. The van der Waals surface area contributed by atoms with Crippen LogP contribution in [-0.4, -0.2) is 5.78 Å². The number of carbonyl (C=O) groups excluding carboxylic acids is 1. The summed E-state index contributed by atoms with van der Waals surface area (Å²) in [5.41, 5.74) is 4.69. The molecule has 0 spiro atoms. The van der Waals surface area contributed by atoms with Crippen molar-refractivity contribution < 1.29 is 4.79 Å². The second-order valence-corrected chi connectivity index (χ2v) is 8.50. The largest absolute Gasteiger partial charge is 0.300 e. The van der Waals surface area contributed by atoms with Crippen molar-refractivity contribution in [2.24, 2.45) is 22.7 Å². The third-order valence-corrected chi connectivity index (χ3v) is 7.59. The zero-order chi connectivity index (χ0) is 14.0. The van der Waals surface area contributed by atoms with Crippen LogP contribution in [0.15, 0.2) is 11.1 Å². The molecule has 1 nitrogen and oxygen atoms in total. The molecule has 2 fully saturated rings. The first kappa shape index (κ1) is 13.1. The Kier molecular flexibility index (Phi) is 2.76. The van der Waals surface area contributed by atoms with Gasteiger partial charge in [-0.1, -0.05) is 31.4 Å². The van der Waals surface area contributed by atoms with E-state index in [4.69, 9.17) is 0 Å². The van der Waals surface area contributed by atoms with Crippen LogP contribution in [0.25, 0.3) is 0 Å². The van der Waals surface area contributed by atoms with E-state index in [0.717, 1.165) is 25.2 Å². The van der Waals surface area contributed by atoms with Crippen molar-refractivity contribution in [3.8, 4) is 0 Å². The molecule has 0 aliphatic heterocycles. The van der Waals surface area contributed by atoms with Crippen molar-refractivity contribution in [3.63, 3.8) is 0 Å². The third kappa shape index (κ3) is 1.64. The number of ketones is 1. The van der Waals surface area contributed by atoms with Gasteiger partial charge in [0.2, 0.25) is 0 Å². The minimum atomic E-state index is 0.380. The molecule has 2 saturated carbocycles. The zero-order valence-electron chi connectivity index (χ0n) is 13.1. The summed E-state index contributed by atoms with van der Waals surface area (Å²) in [5, 5.41) is 0. The Morgan fingerprint density at radius 1 is 1.00 bits per heavy atom. The van der Waals surface area contributed by atoms with E-state index in [1.165, 1.54) is 44.9 Å². The van der Waals surface area contributed by atoms with Gasteiger partial charge < -0.3 is 0 Å². The van der Waals surface area contributed by atoms with Gasteiger partial charge in [0, 0.05) is 12.8 Å². The maximum atomic E-state index is 11.8. The summed E-state index contributed by atoms with van der Waals surface area (Å²) in [6.45, 7) is 5.05. The molecule has 20 heavy (non-hydrogen) atoms. The molecule has 0 aromatic carbocycles. The molecule has 0 heterocycles. The molecule has 110 valence electrons. The Balaban J connectivity index is 1.75. The van der Waals surface area contributed by atoms with E-state index in [2.05, 4.69) is 13.8 Å². The summed E-state index contributed by atoms with van der Waals surface area (Å²) in [6.07, 6.45) is 12.5. The first-order valence-electron chi connectivity index (χ1n) is 8.77. The van der Waals surface area contributed by atoms with E-state index < -0.39 is 0 Å². The highest BCUT2D eigenvalue weighted by Crippen LogP contribution is 2.63. The van der Waals surface area contributed by atoms with Gasteiger partial charge in [-0.3, -0.25) is 4.79 Å². The summed E-state index contributed by atoms with van der Waals surface area (Å²) in [5.74, 6) is 2.08. The molecule has 0 N–H and O–H groups in total. The predicted octanol–water partition coefficient (Wildman–Crippen LogP) is 5.05. The van der Waals surface area contributed by atoms with Crippen molar-refractivity contribution >= 4 is 5.78 Å². The van der Waals surface area contributed by atoms with Gasteiger partial charge in [-0.2, -0.15) is 0 Å². The van der Waals surface area contributed by atoms with Crippen molar-refractivity contribution in [1.82, 2.24) is 0 Å². The maximum absolute atomic E-state index is 11.8. The maximum Gasteiger partial charge on any atom is 0.133 e. The molecule has 0 bridgehead atoms. The molecule has 0 aromatic rings. The summed E-state index contributed by atoms with van der Waals surface area (Å²) < 4.78 is 0. The first-order valence-corrected chi connectivity index (χ1v) is 8.77. The lowest BCUT2D eigenvalue weighted by atomic mass is 9.52. The van der Waals surface area contributed by atoms with Gasteiger partial charge in [0.15, 0.2) is 0 Å². The van der Waals surface area contributed by atoms with Crippen LogP contribution in [-0.2, 0) is 4.79 Å². The monoisotopic (exact) mass is 272 g/mol. The summed E-state index contributed by atoms with van der Waals surface area (Å²) in [7, 11) is 0. The van der Waals surface area contributed by atoms with E-state index in [-0.39, 0.29) is 0 Å². The number of fused-ring (bicyclic) bond motifs is 4. The molecule has 0 amide bonds. The normalized spacial score (nSPS) is 47.8. The Labute approximate surface area is 123 Å². The smallest absolute Gasteiger partial charge is 0.133 e.